The molecule has 7 nitrogen and oxygen atoms in total. The zero-order valence-electron chi connectivity index (χ0n) is 12.0. The molecule has 0 aliphatic heterocycles. The maximum absolute atomic E-state index is 11.3. The first-order valence-corrected chi connectivity index (χ1v) is 6.70. The zero-order valence-corrected chi connectivity index (χ0v) is 12.0. The van der Waals surface area contributed by atoms with Gasteiger partial charge < -0.3 is 15.1 Å². The van der Waals surface area contributed by atoms with Crippen LogP contribution in [0.4, 0.5) is 5.82 Å². The number of anilines is 1. The van der Waals surface area contributed by atoms with Crippen LogP contribution in [0.5, 0.6) is 0 Å². The Hall–Kier alpha value is -2.41. The Balaban J connectivity index is 2.45. The summed E-state index contributed by atoms with van der Waals surface area (Å²) in [5.74, 6) is -0.876. The molecule has 2 N–H and O–H groups in total. The summed E-state index contributed by atoms with van der Waals surface area (Å²) < 4.78 is 0. The second kappa shape index (κ2) is 6.36. The summed E-state index contributed by atoms with van der Waals surface area (Å²) >= 11 is 0. The lowest BCUT2D eigenvalue weighted by molar-refractivity contribution is 0.0690. The Bertz CT molecular complexity index is 622. The minimum absolute atomic E-state index is 0.0791. The van der Waals surface area contributed by atoms with Crippen LogP contribution >= 0.6 is 0 Å². The number of nitrogens with zero attached hydrogens (tertiary/aromatic N) is 4. The van der Waals surface area contributed by atoms with Crippen LogP contribution in [0.1, 0.15) is 23.0 Å². The highest BCUT2D eigenvalue weighted by Crippen LogP contribution is 2.18. The van der Waals surface area contributed by atoms with Gasteiger partial charge in [-0.1, -0.05) is 17.7 Å². The number of likely N-dealkylation sites (N-methyl/N-ethyl adjacent to an activating group) is 1. The number of carboxylic acid groups (broad SMARTS) is 1. The molecule has 0 unspecified atom stereocenters. The molecule has 112 valence electrons. The molecule has 0 spiro atoms. The number of carboxylic acids is 1. The van der Waals surface area contributed by atoms with E-state index in [1.54, 1.807) is 4.90 Å². The fourth-order valence-electron chi connectivity index (χ4n) is 1.98. The van der Waals surface area contributed by atoms with Gasteiger partial charge in [0.25, 0.3) is 0 Å². The van der Waals surface area contributed by atoms with Gasteiger partial charge in [-0.25, -0.2) is 4.79 Å². The summed E-state index contributed by atoms with van der Waals surface area (Å²) in [5, 5.41) is 26.7. The average Bonchev–Trinajstić information content (AvgIpc) is 2.90. The number of rotatable bonds is 6. The summed E-state index contributed by atoms with van der Waals surface area (Å²) in [6.07, 6.45) is 0. The molecule has 0 saturated heterocycles. The predicted octanol–water partition coefficient (Wildman–Crippen LogP) is 1.09. The quantitative estimate of drug-likeness (QED) is 0.827. The number of aryl methyl sites for hydroxylation is 1. The molecular weight excluding hydrogens is 272 g/mol. The van der Waals surface area contributed by atoms with Gasteiger partial charge in [-0.05, 0) is 26.0 Å². The molecule has 0 aliphatic rings. The largest absolute Gasteiger partial charge is 0.476 e. The van der Waals surface area contributed by atoms with E-state index >= 15 is 0 Å². The number of hydrogen-bond donors (Lipinski definition) is 2. The molecule has 0 atom stereocenters. The SMILES string of the molecule is CCN(CCO)c1nn(-c2ccc(C)cc2)nc1C(=O)O. The van der Waals surface area contributed by atoms with Crippen molar-refractivity contribution >= 4 is 11.8 Å². The number of aliphatic hydroxyl groups is 1. The van der Waals surface area contributed by atoms with Crippen LogP contribution in [0.2, 0.25) is 0 Å². The van der Waals surface area contributed by atoms with Crippen LogP contribution in [0, 0.1) is 6.92 Å². The second-order valence-corrected chi connectivity index (χ2v) is 4.61. The van der Waals surface area contributed by atoms with Gasteiger partial charge in [-0.3, -0.25) is 0 Å². The summed E-state index contributed by atoms with van der Waals surface area (Å²) in [5.41, 5.74) is 1.67. The first-order chi connectivity index (χ1) is 10.1. The number of carbonyl (C=O) groups is 1. The molecule has 1 heterocycles. The molecule has 7 heteroatoms. The van der Waals surface area contributed by atoms with Gasteiger partial charge in [-0.2, -0.15) is 0 Å². The van der Waals surface area contributed by atoms with Crippen LogP contribution in [-0.4, -0.2) is 50.9 Å². The highest BCUT2D eigenvalue weighted by molar-refractivity contribution is 5.91. The molecule has 2 aromatic rings. The van der Waals surface area contributed by atoms with Crippen LogP contribution in [0.3, 0.4) is 0 Å². The van der Waals surface area contributed by atoms with Crippen molar-refractivity contribution in [3.63, 3.8) is 0 Å². The average molecular weight is 290 g/mol. The van der Waals surface area contributed by atoms with Gasteiger partial charge in [0.1, 0.15) is 0 Å². The van der Waals surface area contributed by atoms with Crippen molar-refractivity contribution in [2.75, 3.05) is 24.6 Å². The molecule has 0 saturated carbocycles. The van der Waals surface area contributed by atoms with Gasteiger partial charge in [0, 0.05) is 13.1 Å². The molecule has 2 rings (SSSR count). The van der Waals surface area contributed by atoms with E-state index in [1.165, 1.54) is 4.80 Å². The summed E-state index contributed by atoms with van der Waals surface area (Å²) in [6.45, 7) is 4.60. The Kier molecular flexibility index (Phi) is 4.54. The molecule has 0 radical (unpaired) electrons. The fraction of sp³-hybridized carbons (Fsp3) is 0.357. The van der Waals surface area contributed by atoms with Crippen molar-refractivity contribution in [1.29, 1.82) is 0 Å². The number of benzene rings is 1. The van der Waals surface area contributed by atoms with E-state index in [2.05, 4.69) is 10.2 Å². The van der Waals surface area contributed by atoms with Crippen LogP contribution in [0.25, 0.3) is 5.69 Å². The summed E-state index contributed by atoms with van der Waals surface area (Å²) in [6, 6.07) is 7.47. The van der Waals surface area contributed by atoms with Crippen molar-refractivity contribution in [3.05, 3.63) is 35.5 Å². The highest BCUT2D eigenvalue weighted by Gasteiger charge is 2.22. The van der Waals surface area contributed by atoms with E-state index in [1.807, 2.05) is 38.1 Å². The van der Waals surface area contributed by atoms with Crippen molar-refractivity contribution in [3.8, 4) is 5.69 Å². The second-order valence-electron chi connectivity index (χ2n) is 4.61. The maximum atomic E-state index is 11.3. The number of aromatic nitrogens is 3. The highest BCUT2D eigenvalue weighted by atomic mass is 16.4. The summed E-state index contributed by atoms with van der Waals surface area (Å²) in [4.78, 5) is 14.3. The lowest BCUT2D eigenvalue weighted by Crippen LogP contribution is -2.28. The van der Waals surface area contributed by atoms with Crippen molar-refractivity contribution < 1.29 is 15.0 Å². The first kappa shape index (κ1) is 15.0. The molecule has 0 aliphatic carbocycles. The zero-order chi connectivity index (χ0) is 15.4. The Morgan fingerprint density at radius 2 is 1.95 bits per heavy atom. The maximum Gasteiger partial charge on any atom is 0.360 e. The Labute approximate surface area is 122 Å². The van der Waals surface area contributed by atoms with Crippen LogP contribution in [-0.2, 0) is 0 Å². The lowest BCUT2D eigenvalue weighted by atomic mass is 10.2. The standard InChI is InChI=1S/C14H18N4O3/c1-3-17(8-9-19)13-12(14(20)21)15-18(16-13)11-6-4-10(2)5-7-11/h4-7,19H,3,8-9H2,1-2H3,(H,20,21). The van der Waals surface area contributed by atoms with E-state index in [9.17, 15) is 9.90 Å². The topological polar surface area (TPSA) is 91.5 Å². The van der Waals surface area contributed by atoms with E-state index in [4.69, 9.17) is 5.11 Å². The van der Waals surface area contributed by atoms with E-state index in [0.29, 0.717) is 18.8 Å². The molecule has 1 aromatic heterocycles. The van der Waals surface area contributed by atoms with E-state index < -0.39 is 5.97 Å². The van der Waals surface area contributed by atoms with Gasteiger partial charge in [-0.15, -0.1) is 15.0 Å². The Morgan fingerprint density at radius 3 is 2.48 bits per heavy atom. The molecule has 0 fully saturated rings. The van der Waals surface area contributed by atoms with Crippen LogP contribution < -0.4 is 4.90 Å². The molecule has 0 bridgehead atoms. The number of aromatic carboxylic acids is 1. The molecule has 0 amide bonds. The monoisotopic (exact) mass is 290 g/mol. The normalized spacial score (nSPS) is 10.6. The third kappa shape index (κ3) is 3.19. The minimum Gasteiger partial charge on any atom is -0.476 e. The third-order valence-electron chi connectivity index (χ3n) is 3.11. The van der Waals surface area contributed by atoms with Gasteiger partial charge in [0.05, 0.1) is 12.3 Å². The predicted molar refractivity (Wildman–Crippen MR) is 78.0 cm³/mol. The molecule has 1 aromatic carbocycles. The van der Waals surface area contributed by atoms with Crippen molar-refractivity contribution in [1.82, 2.24) is 15.0 Å². The van der Waals surface area contributed by atoms with Crippen molar-refractivity contribution in [2.24, 2.45) is 0 Å². The lowest BCUT2D eigenvalue weighted by Gasteiger charge is -2.18. The fourth-order valence-corrected chi connectivity index (χ4v) is 1.98. The third-order valence-corrected chi connectivity index (χ3v) is 3.11. The van der Waals surface area contributed by atoms with Crippen LogP contribution in [0.15, 0.2) is 24.3 Å². The van der Waals surface area contributed by atoms with E-state index in [0.717, 1.165) is 5.56 Å². The van der Waals surface area contributed by atoms with E-state index in [-0.39, 0.29) is 18.1 Å². The van der Waals surface area contributed by atoms with Gasteiger partial charge in [0.2, 0.25) is 5.69 Å². The smallest absolute Gasteiger partial charge is 0.360 e. The molecule has 21 heavy (non-hydrogen) atoms. The van der Waals surface area contributed by atoms with Gasteiger partial charge in [0.15, 0.2) is 5.82 Å². The Morgan fingerprint density at radius 1 is 1.29 bits per heavy atom. The number of aliphatic hydroxyl groups excluding tert-OH is 1. The molecular formula is C14H18N4O3. The number of hydrogen-bond acceptors (Lipinski definition) is 5. The minimum atomic E-state index is -1.14. The van der Waals surface area contributed by atoms with Gasteiger partial charge >= 0.3 is 5.97 Å². The first-order valence-electron chi connectivity index (χ1n) is 6.70. The summed E-state index contributed by atoms with van der Waals surface area (Å²) in [7, 11) is 0. The van der Waals surface area contributed by atoms with Crippen molar-refractivity contribution in [2.45, 2.75) is 13.8 Å².